The van der Waals surface area contributed by atoms with Crippen molar-refractivity contribution in [2.45, 2.75) is 85.9 Å². The van der Waals surface area contributed by atoms with Gasteiger partial charge in [-0.25, -0.2) is 9.82 Å². The van der Waals surface area contributed by atoms with Gasteiger partial charge in [0.15, 0.2) is 0 Å². The highest BCUT2D eigenvalue weighted by Crippen LogP contribution is 2.41. The lowest BCUT2D eigenvalue weighted by atomic mass is 9.71. The quantitative estimate of drug-likeness (QED) is 0.397. The minimum Gasteiger partial charge on any atom is -0.330 e. The zero-order valence-corrected chi connectivity index (χ0v) is 21.5. The molecule has 1 spiro atoms. The number of nitrogens with zero attached hydrogens (tertiary/aromatic N) is 1. The van der Waals surface area contributed by atoms with E-state index >= 15 is 0 Å². The van der Waals surface area contributed by atoms with Gasteiger partial charge in [-0.05, 0) is 43.4 Å². The van der Waals surface area contributed by atoms with E-state index in [-0.39, 0.29) is 33.3 Å². The van der Waals surface area contributed by atoms with Crippen LogP contribution < -0.4 is 16.1 Å². The summed E-state index contributed by atoms with van der Waals surface area (Å²) in [7, 11) is 1.74. The fraction of sp³-hybridized carbons (Fsp3) is 0.667. The maximum absolute atomic E-state index is 13.5. The van der Waals surface area contributed by atoms with Gasteiger partial charge in [-0.15, -0.1) is 11.8 Å². The molecule has 182 valence electrons. The molecule has 2 saturated heterocycles. The normalized spacial score (nSPS) is 30.5. The van der Waals surface area contributed by atoms with E-state index in [1.165, 1.54) is 18.9 Å². The molecule has 2 amide bonds. The van der Waals surface area contributed by atoms with Crippen LogP contribution in [0.1, 0.15) is 63.4 Å². The summed E-state index contributed by atoms with van der Waals surface area (Å²) in [6.07, 6.45) is 9.82. The molecule has 4 rings (SSSR count). The van der Waals surface area contributed by atoms with Gasteiger partial charge in [-0.1, -0.05) is 66.6 Å². The number of amides is 2. The molecule has 1 aromatic carbocycles. The Morgan fingerprint density at radius 3 is 2.64 bits per heavy atom. The number of thioether (sulfide) groups is 1. The molecule has 9 heteroatoms. The fourth-order valence-corrected chi connectivity index (χ4v) is 7.65. The number of hydrogen-bond acceptors (Lipinski definition) is 5. The highest BCUT2D eigenvalue weighted by atomic mass is 79.9. The molecule has 33 heavy (non-hydrogen) atoms. The van der Waals surface area contributed by atoms with E-state index < -0.39 is 11.5 Å². The van der Waals surface area contributed by atoms with Crippen molar-refractivity contribution in [2.75, 3.05) is 7.05 Å². The zero-order valence-electron chi connectivity index (χ0n) is 19.1. The van der Waals surface area contributed by atoms with E-state index in [9.17, 15) is 14.0 Å². The van der Waals surface area contributed by atoms with Gasteiger partial charge < -0.3 is 5.32 Å². The molecule has 0 radical (unpaired) electrons. The van der Waals surface area contributed by atoms with Crippen molar-refractivity contribution < 1.29 is 14.0 Å². The summed E-state index contributed by atoms with van der Waals surface area (Å²) in [6.45, 7) is 0. The lowest BCUT2D eigenvalue weighted by Crippen LogP contribution is -2.64. The Hall–Kier alpha value is -1.16. The molecule has 4 unspecified atom stereocenters. The molecule has 0 bridgehead atoms. The van der Waals surface area contributed by atoms with Crippen LogP contribution in [0, 0.1) is 11.2 Å². The molecule has 6 nitrogen and oxygen atoms in total. The topological polar surface area (TPSA) is 73.5 Å². The Morgan fingerprint density at radius 2 is 1.94 bits per heavy atom. The lowest BCUT2D eigenvalue weighted by molar-refractivity contribution is -0.155. The average Bonchev–Trinajstić information content (AvgIpc) is 3.16. The van der Waals surface area contributed by atoms with Crippen molar-refractivity contribution in [2.24, 2.45) is 5.41 Å². The molecule has 2 aliphatic heterocycles. The molecule has 1 aromatic rings. The molecule has 3 aliphatic rings. The van der Waals surface area contributed by atoms with Gasteiger partial charge in [0, 0.05) is 12.3 Å². The van der Waals surface area contributed by atoms with Crippen LogP contribution in [-0.2, 0) is 16.0 Å². The third-order valence-corrected chi connectivity index (χ3v) is 9.69. The summed E-state index contributed by atoms with van der Waals surface area (Å²) in [5.74, 6) is -0.206. The van der Waals surface area contributed by atoms with Gasteiger partial charge in [0.1, 0.15) is 17.4 Å². The van der Waals surface area contributed by atoms with Crippen LogP contribution in [0.25, 0.3) is 0 Å². The standard InChI is InChI=1S/C24H34BrFN4O2S/c1-30-22(32)24(11-6-4-2-3-5-7-12-24)15-18(29-30)21(31)28-23-27-20(25)19(33-23)14-16-9-8-10-17(26)13-16/h8-10,13,18-20,23,27,29H,2-7,11-12,14-15H2,1H3,(H,28,31). The van der Waals surface area contributed by atoms with Crippen molar-refractivity contribution >= 4 is 39.5 Å². The lowest BCUT2D eigenvalue weighted by Gasteiger charge is -2.44. The van der Waals surface area contributed by atoms with Crippen molar-refractivity contribution in [3.05, 3.63) is 35.6 Å². The summed E-state index contributed by atoms with van der Waals surface area (Å²) in [5, 5.41) is 8.18. The van der Waals surface area contributed by atoms with Crippen LogP contribution in [0.2, 0.25) is 0 Å². The second-order valence-corrected chi connectivity index (χ2v) is 12.0. The highest BCUT2D eigenvalue weighted by Gasteiger charge is 2.47. The van der Waals surface area contributed by atoms with E-state index in [1.54, 1.807) is 36.0 Å². The Balaban J connectivity index is 1.37. The van der Waals surface area contributed by atoms with Gasteiger partial charge in [0.25, 0.3) is 0 Å². The minimum absolute atomic E-state index is 0.000308. The van der Waals surface area contributed by atoms with E-state index in [1.807, 2.05) is 6.07 Å². The maximum atomic E-state index is 13.5. The number of rotatable bonds is 4. The summed E-state index contributed by atoms with van der Waals surface area (Å²) in [5.41, 5.74) is 3.35. The Labute approximate surface area is 208 Å². The highest BCUT2D eigenvalue weighted by molar-refractivity contribution is 9.09. The van der Waals surface area contributed by atoms with Crippen LogP contribution in [0.4, 0.5) is 4.39 Å². The van der Waals surface area contributed by atoms with E-state index in [0.717, 1.165) is 44.1 Å². The summed E-state index contributed by atoms with van der Waals surface area (Å²) < 4.78 is 13.5. The first-order valence-corrected chi connectivity index (χ1v) is 13.9. The predicted molar refractivity (Wildman–Crippen MR) is 133 cm³/mol. The monoisotopic (exact) mass is 540 g/mol. The van der Waals surface area contributed by atoms with Crippen LogP contribution in [0.15, 0.2) is 24.3 Å². The first kappa shape index (κ1) is 24.9. The van der Waals surface area contributed by atoms with Crippen molar-refractivity contribution in [3.63, 3.8) is 0 Å². The van der Waals surface area contributed by atoms with Gasteiger partial charge >= 0.3 is 0 Å². The zero-order chi connectivity index (χ0) is 23.4. The number of halogens is 2. The number of hydrogen-bond donors (Lipinski definition) is 3. The molecule has 3 fully saturated rings. The van der Waals surface area contributed by atoms with E-state index in [4.69, 9.17) is 0 Å². The van der Waals surface area contributed by atoms with Gasteiger partial charge in [-0.2, -0.15) is 0 Å². The minimum atomic E-state index is -0.444. The number of carbonyl (C=O) groups excluding carboxylic acids is 2. The Kier molecular flexibility index (Phi) is 8.36. The number of benzene rings is 1. The number of hydrazine groups is 1. The molecule has 1 saturated carbocycles. The number of nitrogens with one attached hydrogen (secondary N) is 3. The Morgan fingerprint density at radius 1 is 1.24 bits per heavy atom. The first-order valence-electron chi connectivity index (χ1n) is 12.0. The third-order valence-electron chi connectivity index (χ3n) is 7.13. The third kappa shape index (κ3) is 6.10. The Bertz CT molecular complexity index is 850. The largest absolute Gasteiger partial charge is 0.330 e. The SMILES string of the molecule is CN1NC(C(=O)NC2NC(Br)C(Cc3cccc(F)c3)S2)CC2(CCCCCCCC2)C1=O. The molecule has 0 aromatic heterocycles. The van der Waals surface area contributed by atoms with Gasteiger partial charge in [0.2, 0.25) is 11.8 Å². The number of carbonyl (C=O) groups is 2. The first-order chi connectivity index (χ1) is 15.9. The van der Waals surface area contributed by atoms with E-state index in [0.29, 0.717) is 12.8 Å². The molecule has 3 N–H and O–H groups in total. The van der Waals surface area contributed by atoms with Crippen molar-refractivity contribution in [3.8, 4) is 0 Å². The predicted octanol–water partition coefficient (Wildman–Crippen LogP) is 4.05. The molecule has 1 aliphatic carbocycles. The fourth-order valence-electron chi connectivity index (χ4n) is 5.39. The van der Waals surface area contributed by atoms with Crippen molar-refractivity contribution in [1.82, 2.24) is 21.1 Å². The van der Waals surface area contributed by atoms with Crippen LogP contribution in [0.3, 0.4) is 0 Å². The average molecular weight is 542 g/mol. The molecule has 4 atom stereocenters. The van der Waals surface area contributed by atoms with Gasteiger partial charge in [-0.3, -0.25) is 19.9 Å². The number of alkyl halides is 1. The summed E-state index contributed by atoms with van der Waals surface area (Å²) >= 11 is 5.29. The van der Waals surface area contributed by atoms with Gasteiger partial charge in [0.05, 0.1) is 10.4 Å². The summed E-state index contributed by atoms with van der Waals surface area (Å²) in [6, 6.07) is 6.21. The molecule has 2 heterocycles. The van der Waals surface area contributed by atoms with E-state index in [2.05, 4.69) is 32.0 Å². The van der Waals surface area contributed by atoms with Crippen molar-refractivity contribution in [1.29, 1.82) is 0 Å². The molecular formula is C24H34BrFN4O2S. The summed E-state index contributed by atoms with van der Waals surface area (Å²) in [4.78, 5) is 26.4. The van der Waals surface area contributed by atoms with Crippen LogP contribution >= 0.6 is 27.7 Å². The second-order valence-electron chi connectivity index (χ2n) is 9.62. The van der Waals surface area contributed by atoms with Crippen LogP contribution in [0.5, 0.6) is 0 Å². The molecular weight excluding hydrogens is 507 g/mol. The second kappa shape index (κ2) is 11.1. The maximum Gasteiger partial charge on any atom is 0.242 e. The smallest absolute Gasteiger partial charge is 0.242 e. The van der Waals surface area contributed by atoms with Crippen LogP contribution in [-0.4, -0.2) is 45.6 Å².